The number of amides is 1. The zero-order valence-corrected chi connectivity index (χ0v) is 23.5. The minimum atomic E-state index is -2.97. The first-order valence-electron chi connectivity index (χ1n) is 13.2. The van der Waals surface area contributed by atoms with Crippen LogP contribution in [-0.4, -0.2) is 30.2 Å². The second kappa shape index (κ2) is 12.3. The highest BCUT2D eigenvalue weighted by Gasteiger charge is 2.26. The average Bonchev–Trinajstić information content (AvgIpc) is 3.40. The van der Waals surface area contributed by atoms with Gasteiger partial charge in [-0.25, -0.2) is 19.9 Å². The Morgan fingerprint density at radius 3 is 2.70 bits per heavy atom. The number of nitrogens with one attached hydrogen (secondary N) is 1. The summed E-state index contributed by atoms with van der Waals surface area (Å²) in [7, 11) is 0. The largest absolute Gasteiger partial charge is 0.403 e. The first kappa shape index (κ1) is 29.8. The smallest absolute Gasteiger partial charge is 0.333 e. The van der Waals surface area contributed by atoms with Gasteiger partial charge in [0, 0.05) is 36.1 Å². The van der Waals surface area contributed by atoms with Crippen molar-refractivity contribution < 1.29 is 18.0 Å². The molecule has 1 amide bonds. The van der Waals surface area contributed by atoms with E-state index in [-0.39, 0.29) is 39.3 Å². The molecular formula is C28H27ClF3N9O2. The van der Waals surface area contributed by atoms with Gasteiger partial charge in [-0.05, 0) is 37.1 Å². The summed E-state index contributed by atoms with van der Waals surface area (Å²) in [6.07, 6.45) is 7.65. The molecule has 0 saturated carbocycles. The highest BCUT2D eigenvalue weighted by atomic mass is 35.5. The maximum atomic E-state index is 15.3. The van der Waals surface area contributed by atoms with Crippen LogP contribution in [0, 0.1) is 11.7 Å². The highest BCUT2D eigenvalue weighted by Crippen LogP contribution is 2.36. The summed E-state index contributed by atoms with van der Waals surface area (Å²) < 4.78 is 44.9. The molecule has 0 aliphatic carbocycles. The fourth-order valence-corrected chi connectivity index (χ4v) is 5.21. The third-order valence-electron chi connectivity index (χ3n) is 7.22. The van der Waals surface area contributed by atoms with Crippen LogP contribution in [-0.2, 0) is 4.79 Å². The van der Waals surface area contributed by atoms with Crippen molar-refractivity contribution in [3.8, 4) is 22.5 Å². The van der Waals surface area contributed by atoms with Gasteiger partial charge < -0.3 is 11.1 Å². The van der Waals surface area contributed by atoms with E-state index in [0.717, 1.165) is 17.3 Å². The van der Waals surface area contributed by atoms with E-state index in [2.05, 4.69) is 20.4 Å². The third-order valence-corrected chi connectivity index (χ3v) is 7.51. The summed E-state index contributed by atoms with van der Waals surface area (Å²) in [6.45, 7) is -1.25. The lowest BCUT2D eigenvalue weighted by Gasteiger charge is -2.23. The van der Waals surface area contributed by atoms with Gasteiger partial charge in [-0.15, -0.1) is 0 Å². The molecule has 43 heavy (non-hydrogen) atoms. The number of aromatic nitrogens is 5. The number of anilines is 2. The number of fused-ring (bicyclic) bond motifs is 4. The van der Waals surface area contributed by atoms with Crippen LogP contribution in [0.5, 0.6) is 0 Å². The number of halogens is 4. The molecule has 5 N–H and O–H groups in total. The topological polar surface area (TPSA) is 150 Å². The van der Waals surface area contributed by atoms with E-state index < -0.39 is 29.9 Å². The van der Waals surface area contributed by atoms with Crippen LogP contribution in [0.25, 0.3) is 22.5 Å². The summed E-state index contributed by atoms with van der Waals surface area (Å²) in [6, 6.07) is 6.33. The number of alkyl halides is 2. The second-order valence-electron chi connectivity index (χ2n) is 9.96. The van der Waals surface area contributed by atoms with Crippen molar-refractivity contribution in [1.82, 2.24) is 24.3 Å². The van der Waals surface area contributed by atoms with Crippen molar-refractivity contribution in [1.29, 1.82) is 0 Å². The van der Waals surface area contributed by atoms with E-state index in [1.165, 1.54) is 47.7 Å². The van der Waals surface area contributed by atoms with E-state index in [4.69, 9.17) is 23.2 Å². The third kappa shape index (κ3) is 5.83. The maximum absolute atomic E-state index is 15.3. The number of nitrogens with zero attached hydrogens (tertiary/aromatic N) is 6. The molecular weight excluding hydrogens is 587 g/mol. The molecule has 0 spiro atoms. The molecule has 11 nitrogen and oxygen atoms in total. The predicted molar refractivity (Wildman–Crippen MR) is 155 cm³/mol. The van der Waals surface area contributed by atoms with E-state index in [0.29, 0.717) is 35.2 Å². The molecule has 0 radical (unpaired) electrons. The standard InChI is InChI=1S/C28H27ClF3N9O2/c1-15-3-2-4-21(18-11-16(7-9-35-18)26-20(38-27(15)43)13-37-41(26)28(31)32)39-14-36-19(12-23(39)42)24-22(40(34)10-8-33)6-5-17(29)25(24)30/h5-15,21,28H,2-4,33-34H2,1H3,(H,38,43)/b10-8-/t15-,21+/m1/s1. The minimum absolute atomic E-state index is 0.00109. The average molecular weight is 614 g/mol. The lowest BCUT2D eigenvalue weighted by molar-refractivity contribution is -0.119. The molecule has 0 unspecified atom stereocenters. The van der Waals surface area contributed by atoms with Gasteiger partial charge in [0.2, 0.25) is 5.91 Å². The van der Waals surface area contributed by atoms with Crippen molar-refractivity contribution in [3.05, 3.63) is 88.3 Å². The molecule has 224 valence electrons. The zero-order chi connectivity index (χ0) is 30.8. The van der Waals surface area contributed by atoms with Gasteiger partial charge in [0.05, 0.1) is 57.6 Å². The second-order valence-corrected chi connectivity index (χ2v) is 10.4. The SMILES string of the molecule is C[C@@H]1CCC[C@H](n2cnc(-c3c(N(N)/C=C\N)ccc(Cl)c3F)cc2=O)c2cc(ccn2)-c2c(cnn2C(F)F)NC1=O. The van der Waals surface area contributed by atoms with Crippen molar-refractivity contribution in [3.63, 3.8) is 0 Å². The molecule has 4 heterocycles. The maximum Gasteiger partial charge on any atom is 0.333 e. The Morgan fingerprint density at radius 1 is 1.19 bits per heavy atom. The molecule has 0 fully saturated rings. The Kier molecular flexibility index (Phi) is 8.50. The Morgan fingerprint density at radius 2 is 1.98 bits per heavy atom. The van der Waals surface area contributed by atoms with Crippen molar-refractivity contribution in [2.75, 3.05) is 10.3 Å². The molecule has 2 atom stereocenters. The Hall–Kier alpha value is -4.69. The van der Waals surface area contributed by atoms with Crippen molar-refractivity contribution in [2.45, 2.75) is 38.8 Å². The summed E-state index contributed by atoms with van der Waals surface area (Å²) in [5.41, 5.74) is 5.77. The van der Waals surface area contributed by atoms with Crippen LogP contribution in [0.4, 0.5) is 24.5 Å². The van der Waals surface area contributed by atoms with E-state index in [1.54, 1.807) is 13.0 Å². The highest BCUT2D eigenvalue weighted by molar-refractivity contribution is 6.31. The predicted octanol–water partition coefficient (Wildman–Crippen LogP) is 4.81. The fraction of sp³-hybridized carbons (Fsp3) is 0.250. The molecule has 2 bridgehead atoms. The number of carbonyl (C=O) groups excluding carboxylic acids is 1. The number of hydrogen-bond acceptors (Lipinski definition) is 8. The van der Waals surface area contributed by atoms with Gasteiger partial charge in [-0.1, -0.05) is 24.9 Å². The quantitative estimate of drug-likeness (QED) is 0.214. The number of hydrogen-bond donors (Lipinski definition) is 3. The summed E-state index contributed by atoms with van der Waals surface area (Å²) in [5.74, 6) is 4.36. The Balaban J connectivity index is 1.63. The van der Waals surface area contributed by atoms with Gasteiger partial charge in [0.1, 0.15) is 0 Å². The van der Waals surface area contributed by atoms with Crippen LogP contribution >= 0.6 is 11.6 Å². The fourth-order valence-electron chi connectivity index (χ4n) is 5.05. The van der Waals surface area contributed by atoms with Gasteiger partial charge in [0.15, 0.2) is 5.82 Å². The number of benzene rings is 1. The first-order chi connectivity index (χ1) is 20.6. The Labute approximate surface area is 248 Å². The molecule has 3 aromatic heterocycles. The minimum Gasteiger partial charge on any atom is -0.403 e. The summed E-state index contributed by atoms with van der Waals surface area (Å²) >= 11 is 6.04. The van der Waals surface area contributed by atoms with Gasteiger partial charge in [-0.3, -0.25) is 24.1 Å². The first-order valence-corrected chi connectivity index (χ1v) is 13.6. The number of nitrogens with two attached hydrogens (primary N) is 2. The summed E-state index contributed by atoms with van der Waals surface area (Å²) in [4.78, 5) is 35.3. The van der Waals surface area contributed by atoms with Crippen LogP contribution < -0.4 is 27.5 Å². The van der Waals surface area contributed by atoms with Gasteiger partial charge in [0.25, 0.3) is 5.56 Å². The molecule has 5 rings (SSSR count). The number of carbonyl (C=O) groups is 1. The normalized spacial score (nSPS) is 17.3. The van der Waals surface area contributed by atoms with Gasteiger partial charge in [-0.2, -0.15) is 13.9 Å². The molecule has 15 heteroatoms. The zero-order valence-electron chi connectivity index (χ0n) is 22.8. The monoisotopic (exact) mass is 613 g/mol. The van der Waals surface area contributed by atoms with Crippen LogP contribution in [0.3, 0.4) is 0 Å². The summed E-state index contributed by atoms with van der Waals surface area (Å²) in [5, 5.41) is 7.36. The number of pyridine rings is 1. The van der Waals surface area contributed by atoms with Crippen molar-refractivity contribution in [2.24, 2.45) is 17.5 Å². The molecule has 1 aromatic carbocycles. The van der Waals surface area contributed by atoms with Crippen LogP contribution in [0.2, 0.25) is 5.02 Å². The molecule has 4 aromatic rings. The molecule has 1 aliphatic rings. The molecule has 0 saturated heterocycles. The number of hydrazine groups is 1. The van der Waals surface area contributed by atoms with Crippen molar-refractivity contribution >= 4 is 28.9 Å². The Bertz CT molecular complexity index is 1760. The van der Waals surface area contributed by atoms with Gasteiger partial charge >= 0.3 is 6.55 Å². The lowest BCUT2D eigenvalue weighted by atomic mass is 9.97. The van der Waals surface area contributed by atoms with E-state index >= 15 is 4.39 Å². The van der Waals surface area contributed by atoms with Crippen LogP contribution in [0.15, 0.2) is 66.2 Å². The van der Waals surface area contributed by atoms with Crippen LogP contribution in [0.1, 0.15) is 44.5 Å². The van der Waals surface area contributed by atoms with E-state index in [9.17, 15) is 18.4 Å². The number of rotatable bonds is 5. The van der Waals surface area contributed by atoms with E-state index in [1.807, 2.05) is 0 Å². The lowest BCUT2D eigenvalue weighted by Crippen LogP contribution is -2.28. The molecule has 1 aliphatic heterocycles.